The highest BCUT2D eigenvalue weighted by Gasteiger charge is 2.49. The molecular formula is C22H24O5S. The highest BCUT2D eigenvalue weighted by molar-refractivity contribution is 7.15. The molecule has 1 saturated heterocycles. The van der Waals surface area contributed by atoms with Crippen molar-refractivity contribution >= 4 is 22.1 Å². The maximum Gasteiger partial charge on any atom is 0.343 e. The van der Waals surface area contributed by atoms with Crippen LogP contribution in [0.2, 0.25) is 0 Å². The molecule has 2 aromatic heterocycles. The third kappa shape index (κ3) is 3.01. The lowest BCUT2D eigenvalue weighted by molar-refractivity contribution is -0.0871. The Bertz CT molecular complexity index is 1070. The number of hydrogen-bond donors (Lipinski definition) is 1. The summed E-state index contributed by atoms with van der Waals surface area (Å²) in [5, 5.41) is 11.5. The van der Waals surface area contributed by atoms with Gasteiger partial charge in [-0.1, -0.05) is 18.2 Å². The zero-order valence-corrected chi connectivity index (χ0v) is 17.4. The van der Waals surface area contributed by atoms with E-state index in [9.17, 15) is 9.90 Å². The summed E-state index contributed by atoms with van der Waals surface area (Å²) in [6.07, 6.45) is -1.37. The van der Waals surface area contributed by atoms with Crippen LogP contribution in [0.25, 0.3) is 21.2 Å². The van der Waals surface area contributed by atoms with Crippen molar-refractivity contribution in [2.45, 2.75) is 58.2 Å². The van der Waals surface area contributed by atoms with Gasteiger partial charge in [-0.2, -0.15) is 0 Å². The van der Waals surface area contributed by atoms with Gasteiger partial charge in [0.2, 0.25) is 0 Å². The van der Waals surface area contributed by atoms with E-state index in [2.05, 4.69) is 0 Å². The highest BCUT2D eigenvalue weighted by atomic mass is 32.1. The largest absolute Gasteiger partial charge is 0.424 e. The SMILES string of the molecule is CC(O)c1oc(=O)c2ccccc2c1-c1ccc(C2OC(C)(C)C(C)(C)O2)s1. The molecule has 0 saturated carbocycles. The third-order valence-corrected chi connectivity index (χ3v) is 6.73. The standard InChI is InChI=1S/C22H24O5S/c1-12(23)18-17(13-8-6-7-9-14(13)19(24)25-18)15-10-11-16(28-15)20-26-21(2,3)22(4,5)27-20/h6-12,20,23H,1-5H3. The van der Waals surface area contributed by atoms with Crippen LogP contribution in [-0.4, -0.2) is 16.3 Å². The van der Waals surface area contributed by atoms with Gasteiger partial charge in [0.15, 0.2) is 6.29 Å². The molecule has 1 aliphatic heterocycles. The zero-order chi connectivity index (χ0) is 20.3. The molecule has 1 N–H and O–H groups in total. The molecule has 0 aliphatic carbocycles. The Morgan fingerprint density at radius 3 is 2.21 bits per heavy atom. The van der Waals surface area contributed by atoms with Crippen molar-refractivity contribution in [2.24, 2.45) is 0 Å². The maximum atomic E-state index is 12.3. The second-order valence-electron chi connectivity index (χ2n) is 8.14. The van der Waals surface area contributed by atoms with Crippen LogP contribution >= 0.6 is 11.3 Å². The first-order valence-electron chi connectivity index (χ1n) is 9.30. The fourth-order valence-corrected chi connectivity index (χ4v) is 4.37. The van der Waals surface area contributed by atoms with Gasteiger partial charge in [-0.05, 0) is 52.8 Å². The summed E-state index contributed by atoms with van der Waals surface area (Å²) in [6.45, 7) is 9.68. The van der Waals surface area contributed by atoms with Crippen LogP contribution in [0.1, 0.15) is 57.7 Å². The molecule has 4 rings (SSSR count). The van der Waals surface area contributed by atoms with Crippen molar-refractivity contribution in [2.75, 3.05) is 0 Å². The molecule has 6 heteroatoms. The van der Waals surface area contributed by atoms with E-state index in [4.69, 9.17) is 13.9 Å². The van der Waals surface area contributed by atoms with E-state index in [-0.39, 0.29) is 5.76 Å². The van der Waals surface area contributed by atoms with Crippen LogP contribution in [0.4, 0.5) is 0 Å². The Kier molecular flexibility index (Phi) is 4.50. The minimum atomic E-state index is -0.908. The van der Waals surface area contributed by atoms with E-state index in [1.54, 1.807) is 19.1 Å². The lowest BCUT2D eigenvalue weighted by atomic mass is 9.90. The fourth-order valence-electron chi connectivity index (χ4n) is 3.34. The van der Waals surface area contributed by atoms with Gasteiger partial charge in [0.1, 0.15) is 11.9 Å². The fraction of sp³-hybridized carbons (Fsp3) is 0.409. The van der Waals surface area contributed by atoms with Gasteiger partial charge >= 0.3 is 5.63 Å². The smallest absolute Gasteiger partial charge is 0.343 e. The first-order valence-corrected chi connectivity index (χ1v) is 10.1. The van der Waals surface area contributed by atoms with Crippen LogP contribution in [0.5, 0.6) is 0 Å². The quantitative estimate of drug-likeness (QED) is 0.656. The maximum absolute atomic E-state index is 12.3. The van der Waals surface area contributed by atoms with Crippen LogP contribution in [0.3, 0.4) is 0 Å². The van der Waals surface area contributed by atoms with Gasteiger partial charge in [0, 0.05) is 15.8 Å². The molecule has 1 atom stereocenters. The average Bonchev–Trinajstić information content (AvgIpc) is 3.17. The second-order valence-corrected chi connectivity index (χ2v) is 9.26. The van der Waals surface area contributed by atoms with Gasteiger partial charge in [-0.25, -0.2) is 4.79 Å². The molecule has 3 heterocycles. The highest BCUT2D eigenvalue weighted by Crippen LogP contribution is 2.48. The van der Waals surface area contributed by atoms with Gasteiger partial charge in [-0.15, -0.1) is 11.3 Å². The van der Waals surface area contributed by atoms with Gasteiger partial charge in [-0.3, -0.25) is 0 Å². The summed E-state index contributed by atoms with van der Waals surface area (Å²) in [5.41, 5.74) is -0.548. The summed E-state index contributed by atoms with van der Waals surface area (Å²) in [7, 11) is 0. The Labute approximate surface area is 167 Å². The Balaban J connectivity index is 1.84. The van der Waals surface area contributed by atoms with E-state index in [1.807, 2.05) is 52.0 Å². The number of thiophene rings is 1. The number of fused-ring (bicyclic) bond motifs is 1. The number of aliphatic hydroxyl groups excluding tert-OH is 1. The van der Waals surface area contributed by atoms with E-state index in [0.717, 1.165) is 20.7 Å². The monoisotopic (exact) mass is 400 g/mol. The lowest BCUT2D eigenvalue weighted by Gasteiger charge is -2.30. The normalized spacial score (nSPS) is 19.9. The second kappa shape index (κ2) is 6.52. The Morgan fingerprint density at radius 1 is 1.00 bits per heavy atom. The molecule has 1 unspecified atom stereocenters. The molecule has 0 radical (unpaired) electrons. The van der Waals surface area contributed by atoms with Crippen LogP contribution in [-0.2, 0) is 9.47 Å². The molecule has 1 aromatic carbocycles. The summed E-state index contributed by atoms with van der Waals surface area (Å²) in [5.74, 6) is 0.269. The van der Waals surface area contributed by atoms with Crippen LogP contribution < -0.4 is 5.63 Å². The number of benzene rings is 1. The molecule has 1 aliphatic rings. The molecule has 0 amide bonds. The van der Waals surface area contributed by atoms with Crippen LogP contribution in [0.15, 0.2) is 45.6 Å². The lowest BCUT2D eigenvalue weighted by Crippen LogP contribution is -2.41. The van der Waals surface area contributed by atoms with Gasteiger partial charge in [0.25, 0.3) is 0 Å². The van der Waals surface area contributed by atoms with Crippen LogP contribution in [0, 0.1) is 0 Å². The topological polar surface area (TPSA) is 68.9 Å². The predicted molar refractivity (Wildman–Crippen MR) is 109 cm³/mol. The summed E-state index contributed by atoms with van der Waals surface area (Å²) in [6, 6.07) is 11.2. The number of aliphatic hydroxyl groups is 1. The number of ether oxygens (including phenoxy) is 2. The van der Waals surface area contributed by atoms with Crippen molar-refractivity contribution in [3.63, 3.8) is 0 Å². The molecule has 0 spiro atoms. The van der Waals surface area contributed by atoms with E-state index >= 15 is 0 Å². The average molecular weight is 400 g/mol. The number of hydrogen-bond acceptors (Lipinski definition) is 6. The van der Waals surface area contributed by atoms with Crippen molar-refractivity contribution < 1.29 is 19.0 Å². The zero-order valence-electron chi connectivity index (χ0n) is 16.6. The van der Waals surface area contributed by atoms with Crippen molar-refractivity contribution in [1.29, 1.82) is 0 Å². The first kappa shape index (κ1) is 19.3. The predicted octanol–water partition coefficient (Wildman–Crippen LogP) is 5.18. The molecule has 1 fully saturated rings. The molecule has 28 heavy (non-hydrogen) atoms. The minimum absolute atomic E-state index is 0.269. The number of rotatable bonds is 3. The van der Waals surface area contributed by atoms with Crippen molar-refractivity contribution in [3.8, 4) is 10.4 Å². The minimum Gasteiger partial charge on any atom is -0.424 e. The Morgan fingerprint density at radius 2 is 1.61 bits per heavy atom. The van der Waals surface area contributed by atoms with E-state index < -0.39 is 29.2 Å². The summed E-state index contributed by atoms with van der Waals surface area (Å²) < 4.78 is 17.8. The summed E-state index contributed by atoms with van der Waals surface area (Å²) >= 11 is 1.51. The van der Waals surface area contributed by atoms with Gasteiger partial charge in [0.05, 0.1) is 21.5 Å². The van der Waals surface area contributed by atoms with Crippen molar-refractivity contribution in [3.05, 3.63) is 57.5 Å². The summed E-state index contributed by atoms with van der Waals surface area (Å²) in [4.78, 5) is 14.2. The van der Waals surface area contributed by atoms with Crippen molar-refractivity contribution in [1.82, 2.24) is 0 Å². The molecule has 148 valence electrons. The third-order valence-electron chi connectivity index (χ3n) is 5.60. The molecular weight excluding hydrogens is 376 g/mol. The molecule has 3 aromatic rings. The first-order chi connectivity index (χ1) is 13.1. The van der Waals surface area contributed by atoms with E-state index in [1.165, 1.54) is 11.3 Å². The van der Waals surface area contributed by atoms with E-state index in [0.29, 0.717) is 5.39 Å². The Hall–Kier alpha value is -1.99. The molecule has 5 nitrogen and oxygen atoms in total. The van der Waals surface area contributed by atoms with Gasteiger partial charge < -0.3 is 19.0 Å². The molecule has 0 bridgehead atoms.